The molecule has 0 saturated heterocycles. The maximum atomic E-state index is 12.1. The fourth-order valence-corrected chi connectivity index (χ4v) is 2.34. The zero-order chi connectivity index (χ0) is 12.5. The van der Waals surface area contributed by atoms with Gasteiger partial charge in [0, 0.05) is 11.5 Å². The van der Waals surface area contributed by atoms with Crippen molar-refractivity contribution in [2.24, 2.45) is 0 Å². The molecule has 18 heavy (non-hydrogen) atoms. The molecule has 90 valence electrons. The summed E-state index contributed by atoms with van der Waals surface area (Å²) in [7, 11) is 0. The topological polar surface area (TPSA) is 60.7 Å². The highest BCUT2D eigenvalue weighted by Crippen LogP contribution is 2.08. The summed E-state index contributed by atoms with van der Waals surface area (Å²) in [5, 5.41) is 3.81. The maximum absolute atomic E-state index is 12.1. The standard InChI is InChI=1S/C12H10N4OS/c1-8-3-2-4-9(5-8)6-16-7-13-11-10(12(16)17)14-15-18-11/h2-5,7H,6H2,1H3. The minimum atomic E-state index is -0.143. The smallest absolute Gasteiger partial charge is 0.283 e. The van der Waals surface area contributed by atoms with Gasteiger partial charge in [0.25, 0.3) is 5.56 Å². The van der Waals surface area contributed by atoms with E-state index in [2.05, 4.69) is 20.6 Å². The second kappa shape index (κ2) is 4.30. The van der Waals surface area contributed by atoms with Crippen LogP contribution in [0.15, 0.2) is 35.4 Å². The van der Waals surface area contributed by atoms with Crippen LogP contribution in [0, 0.1) is 6.92 Å². The summed E-state index contributed by atoms with van der Waals surface area (Å²) in [5.74, 6) is 0. The Hall–Kier alpha value is -2.08. The lowest BCUT2D eigenvalue weighted by Crippen LogP contribution is -2.21. The van der Waals surface area contributed by atoms with Crippen molar-refractivity contribution in [3.63, 3.8) is 0 Å². The van der Waals surface area contributed by atoms with Gasteiger partial charge in [0.05, 0.1) is 12.9 Å². The van der Waals surface area contributed by atoms with E-state index in [0.717, 1.165) is 17.1 Å². The SMILES string of the molecule is Cc1cccc(Cn2cnc3snnc3c2=O)c1. The van der Waals surface area contributed by atoms with Gasteiger partial charge in [-0.25, -0.2) is 4.98 Å². The molecule has 0 fully saturated rings. The van der Waals surface area contributed by atoms with Crippen molar-refractivity contribution in [3.05, 3.63) is 52.1 Å². The average Bonchev–Trinajstić information content (AvgIpc) is 2.82. The lowest BCUT2D eigenvalue weighted by atomic mass is 10.1. The third-order valence-corrected chi connectivity index (χ3v) is 3.32. The molecule has 1 aromatic carbocycles. The Morgan fingerprint density at radius 2 is 2.28 bits per heavy atom. The summed E-state index contributed by atoms with van der Waals surface area (Å²) >= 11 is 1.13. The predicted molar refractivity (Wildman–Crippen MR) is 69.8 cm³/mol. The Labute approximate surface area is 107 Å². The van der Waals surface area contributed by atoms with Crippen LogP contribution in [-0.4, -0.2) is 19.1 Å². The van der Waals surface area contributed by atoms with Gasteiger partial charge in [-0.05, 0) is 12.5 Å². The largest absolute Gasteiger partial charge is 0.293 e. The van der Waals surface area contributed by atoms with Gasteiger partial charge in [0.15, 0.2) is 10.3 Å². The molecule has 3 rings (SSSR count). The molecule has 2 heterocycles. The van der Waals surface area contributed by atoms with Gasteiger partial charge in [-0.15, -0.1) is 5.10 Å². The Morgan fingerprint density at radius 1 is 1.39 bits per heavy atom. The van der Waals surface area contributed by atoms with Gasteiger partial charge >= 0.3 is 0 Å². The summed E-state index contributed by atoms with van der Waals surface area (Å²) in [5.41, 5.74) is 2.44. The molecule has 6 heteroatoms. The first-order valence-electron chi connectivity index (χ1n) is 5.47. The van der Waals surface area contributed by atoms with Crippen LogP contribution in [-0.2, 0) is 6.54 Å². The second-order valence-corrected chi connectivity index (χ2v) is 4.83. The first kappa shape index (κ1) is 11.0. The van der Waals surface area contributed by atoms with Gasteiger partial charge in [-0.1, -0.05) is 34.3 Å². The monoisotopic (exact) mass is 258 g/mol. The maximum Gasteiger partial charge on any atom is 0.283 e. The van der Waals surface area contributed by atoms with Crippen LogP contribution in [0.3, 0.4) is 0 Å². The van der Waals surface area contributed by atoms with Crippen molar-refractivity contribution in [2.75, 3.05) is 0 Å². The van der Waals surface area contributed by atoms with E-state index in [0.29, 0.717) is 16.9 Å². The molecule has 0 bridgehead atoms. The number of hydrogen-bond acceptors (Lipinski definition) is 5. The summed E-state index contributed by atoms with van der Waals surface area (Å²) < 4.78 is 5.29. The fraction of sp³-hybridized carbons (Fsp3) is 0.167. The molecule has 0 unspecified atom stereocenters. The molecule has 5 nitrogen and oxygen atoms in total. The Balaban J connectivity index is 2.05. The lowest BCUT2D eigenvalue weighted by molar-refractivity contribution is 0.746. The first-order chi connectivity index (χ1) is 8.74. The number of aryl methyl sites for hydroxylation is 1. The van der Waals surface area contributed by atoms with Crippen molar-refractivity contribution >= 4 is 21.9 Å². The molecule has 0 aliphatic rings. The van der Waals surface area contributed by atoms with Crippen molar-refractivity contribution < 1.29 is 0 Å². The summed E-state index contributed by atoms with van der Waals surface area (Å²) in [6, 6.07) is 8.04. The van der Waals surface area contributed by atoms with Crippen LogP contribution in [0.5, 0.6) is 0 Å². The van der Waals surface area contributed by atoms with Crippen LogP contribution in [0.1, 0.15) is 11.1 Å². The van der Waals surface area contributed by atoms with Crippen LogP contribution >= 0.6 is 11.5 Å². The lowest BCUT2D eigenvalue weighted by Gasteiger charge is -2.05. The van der Waals surface area contributed by atoms with E-state index < -0.39 is 0 Å². The van der Waals surface area contributed by atoms with E-state index in [1.807, 2.05) is 25.1 Å². The number of rotatable bonds is 2. The Bertz CT molecular complexity index is 762. The van der Waals surface area contributed by atoms with Gasteiger partial charge in [0.1, 0.15) is 0 Å². The van der Waals surface area contributed by atoms with Crippen molar-refractivity contribution in [1.29, 1.82) is 0 Å². The van der Waals surface area contributed by atoms with E-state index in [-0.39, 0.29) is 5.56 Å². The molecule has 0 aliphatic carbocycles. The summed E-state index contributed by atoms with van der Waals surface area (Å²) in [6.45, 7) is 2.53. The van der Waals surface area contributed by atoms with Crippen LogP contribution in [0.2, 0.25) is 0 Å². The normalized spacial score (nSPS) is 10.9. The number of fused-ring (bicyclic) bond motifs is 1. The molecule has 0 atom stereocenters. The molecule has 0 saturated carbocycles. The van der Waals surface area contributed by atoms with Crippen molar-refractivity contribution in [2.45, 2.75) is 13.5 Å². The van der Waals surface area contributed by atoms with Crippen LogP contribution in [0.4, 0.5) is 0 Å². The number of nitrogens with zero attached hydrogens (tertiary/aromatic N) is 4. The zero-order valence-electron chi connectivity index (χ0n) is 9.70. The summed E-state index contributed by atoms with van der Waals surface area (Å²) in [4.78, 5) is 16.9. The average molecular weight is 258 g/mol. The molecule has 0 spiro atoms. The molecule has 3 aromatic rings. The minimum Gasteiger partial charge on any atom is -0.293 e. The van der Waals surface area contributed by atoms with E-state index in [4.69, 9.17) is 0 Å². The van der Waals surface area contributed by atoms with Crippen LogP contribution in [0.25, 0.3) is 10.3 Å². The third kappa shape index (κ3) is 1.91. The fourth-order valence-electron chi connectivity index (χ4n) is 1.84. The van der Waals surface area contributed by atoms with Gasteiger partial charge in [-0.3, -0.25) is 9.36 Å². The molecular weight excluding hydrogens is 248 g/mol. The van der Waals surface area contributed by atoms with E-state index in [9.17, 15) is 4.79 Å². The van der Waals surface area contributed by atoms with Gasteiger partial charge in [-0.2, -0.15) is 0 Å². The van der Waals surface area contributed by atoms with Crippen molar-refractivity contribution in [1.82, 2.24) is 19.1 Å². The minimum absolute atomic E-state index is 0.143. The van der Waals surface area contributed by atoms with E-state index in [1.54, 1.807) is 10.9 Å². The predicted octanol–water partition coefficient (Wildman–Crippen LogP) is 1.60. The molecular formula is C12H10N4OS. The quantitative estimate of drug-likeness (QED) is 0.700. The molecule has 0 amide bonds. The summed E-state index contributed by atoms with van der Waals surface area (Å²) in [6.07, 6.45) is 1.55. The number of benzene rings is 1. The van der Waals surface area contributed by atoms with Gasteiger partial charge < -0.3 is 0 Å². The van der Waals surface area contributed by atoms with Gasteiger partial charge in [0.2, 0.25) is 0 Å². The molecule has 0 radical (unpaired) electrons. The highest BCUT2D eigenvalue weighted by molar-refractivity contribution is 7.12. The number of hydrogen-bond donors (Lipinski definition) is 0. The molecule has 0 aliphatic heterocycles. The number of aromatic nitrogens is 4. The van der Waals surface area contributed by atoms with Crippen LogP contribution < -0.4 is 5.56 Å². The zero-order valence-corrected chi connectivity index (χ0v) is 10.5. The first-order valence-corrected chi connectivity index (χ1v) is 6.24. The third-order valence-electron chi connectivity index (χ3n) is 2.68. The molecule has 0 N–H and O–H groups in total. The molecule has 2 aromatic heterocycles. The second-order valence-electron chi connectivity index (χ2n) is 4.09. The highest BCUT2D eigenvalue weighted by atomic mass is 32.1. The highest BCUT2D eigenvalue weighted by Gasteiger charge is 2.07. The Morgan fingerprint density at radius 3 is 3.11 bits per heavy atom. The Kier molecular flexibility index (Phi) is 2.64. The van der Waals surface area contributed by atoms with Crippen molar-refractivity contribution in [3.8, 4) is 0 Å². The van der Waals surface area contributed by atoms with E-state index in [1.165, 1.54) is 5.56 Å². The van der Waals surface area contributed by atoms with E-state index >= 15 is 0 Å².